The second-order valence-electron chi connectivity index (χ2n) is 8.77. The van der Waals surface area contributed by atoms with E-state index < -0.39 is 22.7 Å². The van der Waals surface area contributed by atoms with Crippen molar-refractivity contribution < 1.29 is 18.5 Å². The van der Waals surface area contributed by atoms with Crippen LogP contribution in [0.2, 0.25) is 5.02 Å². The predicted molar refractivity (Wildman–Crippen MR) is 133 cm³/mol. The zero-order valence-electron chi connectivity index (χ0n) is 18.9. The maximum Gasteiger partial charge on any atom is 0.276 e. The van der Waals surface area contributed by atoms with Gasteiger partial charge in [0.05, 0.1) is 27.3 Å². The number of nitro benzene ring substituents is 1. The maximum absolute atomic E-state index is 13.7. The Balaban J connectivity index is 1.60. The van der Waals surface area contributed by atoms with Gasteiger partial charge in [0, 0.05) is 18.1 Å². The molecule has 9 heteroatoms. The van der Waals surface area contributed by atoms with E-state index in [4.69, 9.17) is 16.7 Å². The molecule has 5 rings (SSSR count). The van der Waals surface area contributed by atoms with Crippen LogP contribution >= 0.6 is 11.6 Å². The quantitative estimate of drug-likeness (QED) is 0.283. The van der Waals surface area contributed by atoms with Crippen molar-refractivity contribution in [1.82, 2.24) is 5.01 Å². The zero-order chi connectivity index (χ0) is 25.4. The monoisotopic (exact) mass is 507 g/mol. The third-order valence-corrected chi connectivity index (χ3v) is 6.85. The van der Waals surface area contributed by atoms with Crippen molar-refractivity contribution in [2.45, 2.75) is 25.3 Å². The second kappa shape index (κ2) is 9.62. The van der Waals surface area contributed by atoms with Crippen molar-refractivity contribution in [3.05, 3.63) is 116 Å². The number of fused-ring (bicyclic) bond motifs is 1. The lowest BCUT2D eigenvalue weighted by molar-refractivity contribution is -0.384. The number of allylic oxidation sites excluding steroid dienone is 1. The molecule has 6 nitrogen and oxygen atoms in total. The van der Waals surface area contributed by atoms with Gasteiger partial charge in [-0.1, -0.05) is 35.9 Å². The summed E-state index contributed by atoms with van der Waals surface area (Å²) in [4.78, 5) is 24.4. The van der Waals surface area contributed by atoms with Gasteiger partial charge >= 0.3 is 0 Å². The third kappa shape index (κ3) is 4.52. The van der Waals surface area contributed by atoms with E-state index in [1.165, 1.54) is 41.4 Å². The van der Waals surface area contributed by atoms with Crippen molar-refractivity contribution in [2.24, 2.45) is 11.0 Å². The first-order chi connectivity index (χ1) is 17.3. The molecule has 1 saturated carbocycles. The molecule has 2 unspecified atom stereocenters. The number of amides is 1. The molecule has 2 atom stereocenters. The Morgan fingerprint density at radius 2 is 1.72 bits per heavy atom. The summed E-state index contributed by atoms with van der Waals surface area (Å²) in [6, 6.07) is 15.1. The standard InChI is InChI=1S/C27H20ClF2N3O3/c28-24-13-12-21(33(35)36)15-23(24)27(34)32-26(17-6-10-20(30)11-7-17)22-3-1-2-18(25(22)31-32)14-16-4-8-19(29)9-5-16/h4-15,22,26H,1-3H2. The van der Waals surface area contributed by atoms with Crippen molar-refractivity contribution in [2.75, 3.05) is 0 Å². The Bertz CT molecular complexity index is 1400. The van der Waals surface area contributed by atoms with Gasteiger partial charge in [-0.05, 0) is 72.4 Å². The summed E-state index contributed by atoms with van der Waals surface area (Å²) >= 11 is 6.28. The summed E-state index contributed by atoms with van der Waals surface area (Å²) in [7, 11) is 0. The topological polar surface area (TPSA) is 75.8 Å². The molecule has 0 radical (unpaired) electrons. The van der Waals surface area contributed by atoms with Gasteiger partial charge in [-0.3, -0.25) is 14.9 Å². The Kier molecular flexibility index (Phi) is 6.36. The molecule has 1 heterocycles. The van der Waals surface area contributed by atoms with Gasteiger partial charge in [0.2, 0.25) is 0 Å². The fourth-order valence-corrected chi connectivity index (χ4v) is 5.03. The SMILES string of the molecule is O=C(c1cc([N+](=O)[O-])ccc1Cl)N1N=C2C(=Cc3ccc(F)cc3)CCCC2C1c1ccc(F)cc1. The summed E-state index contributed by atoms with van der Waals surface area (Å²) in [5.41, 5.74) is 2.84. The van der Waals surface area contributed by atoms with Crippen LogP contribution in [0.1, 0.15) is 46.8 Å². The van der Waals surface area contributed by atoms with E-state index in [-0.39, 0.29) is 28.0 Å². The molecule has 1 amide bonds. The van der Waals surface area contributed by atoms with Gasteiger partial charge in [0.15, 0.2) is 0 Å². The highest BCUT2D eigenvalue weighted by Gasteiger charge is 2.44. The summed E-state index contributed by atoms with van der Waals surface area (Å²) < 4.78 is 27.1. The molecule has 1 fully saturated rings. The average Bonchev–Trinajstić information content (AvgIpc) is 3.26. The number of halogens is 3. The van der Waals surface area contributed by atoms with Crippen LogP contribution in [0.4, 0.5) is 14.5 Å². The Labute approximate surface area is 210 Å². The van der Waals surface area contributed by atoms with Crippen LogP contribution in [0.25, 0.3) is 6.08 Å². The van der Waals surface area contributed by atoms with E-state index in [2.05, 4.69) is 0 Å². The molecular weight excluding hydrogens is 488 g/mol. The fourth-order valence-electron chi connectivity index (χ4n) is 4.84. The van der Waals surface area contributed by atoms with E-state index in [9.17, 15) is 23.7 Å². The molecule has 3 aromatic rings. The average molecular weight is 508 g/mol. The predicted octanol–water partition coefficient (Wildman–Crippen LogP) is 6.96. The lowest BCUT2D eigenvalue weighted by atomic mass is 9.77. The number of hydrogen-bond acceptors (Lipinski definition) is 4. The minimum Gasteiger partial charge on any atom is -0.267 e. The first-order valence-corrected chi connectivity index (χ1v) is 11.8. The lowest BCUT2D eigenvalue weighted by Crippen LogP contribution is -2.32. The molecular formula is C27H20ClF2N3O3. The van der Waals surface area contributed by atoms with Gasteiger partial charge in [-0.15, -0.1) is 0 Å². The van der Waals surface area contributed by atoms with Gasteiger partial charge < -0.3 is 0 Å². The van der Waals surface area contributed by atoms with Crippen molar-refractivity contribution in [1.29, 1.82) is 0 Å². The number of nitro groups is 1. The van der Waals surface area contributed by atoms with Crippen LogP contribution in [-0.4, -0.2) is 21.6 Å². The Hall–Kier alpha value is -3.91. The van der Waals surface area contributed by atoms with Crippen LogP contribution < -0.4 is 0 Å². The fraction of sp³-hybridized carbons (Fsp3) is 0.185. The van der Waals surface area contributed by atoms with Gasteiger partial charge in [0.25, 0.3) is 11.6 Å². The summed E-state index contributed by atoms with van der Waals surface area (Å²) in [5.74, 6) is -1.49. The van der Waals surface area contributed by atoms with Crippen molar-refractivity contribution >= 4 is 35.0 Å². The number of hydrazone groups is 1. The van der Waals surface area contributed by atoms with E-state index in [0.717, 1.165) is 42.2 Å². The molecule has 1 aliphatic carbocycles. The van der Waals surface area contributed by atoms with E-state index in [0.29, 0.717) is 5.56 Å². The summed E-state index contributed by atoms with van der Waals surface area (Å²) in [6.45, 7) is 0. The number of carbonyl (C=O) groups excluding carboxylic acids is 1. The molecule has 0 bridgehead atoms. The van der Waals surface area contributed by atoms with Crippen LogP contribution in [0, 0.1) is 27.7 Å². The number of hydrogen-bond donors (Lipinski definition) is 0. The van der Waals surface area contributed by atoms with E-state index >= 15 is 0 Å². The molecule has 0 aromatic heterocycles. The highest BCUT2D eigenvalue weighted by Crippen LogP contribution is 2.45. The molecule has 0 spiro atoms. The van der Waals surface area contributed by atoms with Crippen molar-refractivity contribution in [3.8, 4) is 0 Å². The third-order valence-electron chi connectivity index (χ3n) is 6.52. The van der Waals surface area contributed by atoms with E-state index in [1.807, 2.05) is 6.08 Å². The number of nitrogens with zero attached hydrogens (tertiary/aromatic N) is 3. The summed E-state index contributed by atoms with van der Waals surface area (Å²) in [6.07, 6.45) is 4.24. The molecule has 182 valence electrons. The maximum atomic E-state index is 13.7. The van der Waals surface area contributed by atoms with Crippen LogP contribution in [0.15, 0.2) is 77.4 Å². The molecule has 1 aliphatic heterocycles. The number of benzene rings is 3. The van der Waals surface area contributed by atoms with Crippen molar-refractivity contribution in [3.63, 3.8) is 0 Å². The van der Waals surface area contributed by atoms with E-state index in [1.54, 1.807) is 24.3 Å². The number of rotatable bonds is 4. The molecule has 3 aromatic carbocycles. The summed E-state index contributed by atoms with van der Waals surface area (Å²) in [5, 5.41) is 17.4. The van der Waals surface area contributed by atoms with Crippen LogP contribution in [0.3, 0.4) is 0 Å². The smallest absolute Gasteiger partial charge is 0.267 e. The van der Waals surface area contributed by atoms with Gasteiger partial charge in [-0.2, -0.15) is 5.10 Å². The normalized spacial score (nSPS) is 20.2. The molecule has 36 heavy (non-hydrogen) atoms. The molecule has 0 N–H and O–H groups in total. The highest BCUT2D eigenvalue weighted by atomic mass is 35.5. The first-order valence-electron chi connectivity index (χ1n) is 11.4. The molecule has 2 aliphatic rings. The highest BCUT2D eigenvalue weighted by molar-refractivity contribution is 6.34. The lowest BCUT2D eigenvalue weighted by Gasteiger charge is -2.29. The Morgan fingerprint density at radius 1 is 1.06 bits per heavy atom. The van der Waals surface area contributed by atoms with Gasteiger partial charge in [0.1, 0.15) is 11.6 Å². The van der Waals surface area contributed by atoms with Crippen LogP contribution in [0.5, 0.6) is 0 Å². The second-order valence-corrected chi connectivity index (χ2v) is 9.18. The van der Waals surface area contributed by atoms with Crippen LogP contribution in [-0.2, 0) is 0 Å². The molecule has 0 saturated heterocycles. The first kappa shape index (κ1) is 23.8. The number of non-ortho nitro benzene ring substituents is 1. The minimum atomic E-state index is -0.594. The number of carbonyl (C=O) groups is 1. The largest absolute Gasteiger partial charge is 0.276 e. The Morgan fingerprint density at radius 3 is 2.39 bits per heavy atom. The zero-order valence-corrected chi connectivity index (χ0v) is 19.7. The van der Waals surface area contributed by atoms with Gasteiger partial charge in [-0.25, -0.2) is 13.8 Å². The minimum absolute atomic E-state index is 0.0370.